The molecule has 3 aromatic rings. The zero-order valence-electron chi connectivity index (χ0n) is 23.1. The second-order valence-corrected chi connectivity index (χ2v) is 10.6. The smallest absolute Gasteiger partial charge is 0.346 e. The Morgan fingerprint density at radius 3 is 2.30 bits per heavy atom. The number of carbonyl (C=O) groups is 2. The van der Waals surface area contributed by atoms with Crippen LogP contribution in [0.2, 0.25) is 10.0 Å². The molecule has 6 nitrogen and oxygen atoms in total. The number of ketones is 1. The van der Waals surface area contributed by atoms with Crippen molar-refractivity contribution in [3.05, 3.63) is 98.9 Å². The number of halogens is 2. The first kappa shape index (κ1) is 32.8. The maximum atomic E-state index is 11.7. The monoisotopic (exact) mass is 601 g/mol. The van der Waals surface area contributed by atoms with Gasteiger partial charge in [0.25, 0.3) is 0 Å². The van der Waals surface area contributed by atoms with Crippen LogP contribution in [0.5, 0.6) is 11.5 Å². The number of aromatic carboxylic acids is 1. The molecule has 0 bridgehead atoms. The number of thiophene rings is 1. The van der Waals surface area contributed by atoms with Gasteiger partial charge < -0.3 is 14.6 Å². The molecule has 0 amide bonds. The van der Waals surface area contributed by atoms with E-state index in [2.05, 4.69) is 24.7 Å². The van der Waals surface area contributed by atoms with Crippen molar-refractivity contribution in [3.63, 3.8) is 0 Å². The van der Waals surface area contributed by atoms with E-state index < -0.39 is 5.97 Å². The van der Waals surface area contributed by atoms with Crippen molar-refractivity contribution in [1.82, 2.24) is 0 Å². The summed E-state index contributed by atoms with van der Waals surface area (Å²) in [4.78, 5) is 27.5. The summed E-state index contributed by atoms with van der Waals surface area (Å²) in [5.74, 6) is 0.269. The molecule has 1 aromatic heterocycles. The van der Waals surface area contributed by atoms with Crippen LogP contribution in [-0.2, 0) is 6.61 Å². The molecule has 1 aliphatic rings. The van der Waals surface area contributed by atoms with Crippen LogP contribution in [0.3, 0.4) is 0 Å². The molecule has 0 unspecified atom stereocenters. The minimum Gasteiger partial charge on any atom is -0.493 e. The Labute approximate surface area is 249 Å². The van der Waals surface area contributed by atoms with Crippen molar-refractivity contribution in [2.75, 3.05) is 7.11 Å². The Kier molecular flexibility index (Phi) is 12.6. The van der Waals surface area contributed by atoms with Gasteiger partial charge in [0.1, 0.15) is 16.5 Å². The standard InChI is InChI=1S/C15H14Cl2O2.C14H15NO3S.C2H4/c1-10-3-6-14(15(7-10)18-2)19-9-11-4-5-12(16)13(17)8-11;1-7-5-4-6-10(7)15-13-11(9(3)16)8(2)12(19-13)14(17)18;1-2/h3-8H,9H2,1-2H3;1,4-6H2,2-3H3,(H,17,18);1-2H2/b;15-10+;. The molecule has 1 fully saturated rings. The molecule has 0 aliphatic heterocycles. The molecule has 0 spiro atoms. The van der Waals surface area contributed by atoms with Gasteiger partial charge in [-0.25, -0.2) is 9.79 Å². The minimum absolute atomic E-state index is 0.149. The molecule has 0 radical (unpaired) electrons. The fraction of sp³-hybridized carbons (Fsp3) is 0.258. The number of aliphatic imine (C=N–C) groups is 1. The van der Waals surface area contributed by atoms with Crippen LogP contribution in [0.4, 0.5) is 5.00 Å². The third-order valence-electron chi connectivity index (χ3n) is 5.91. The Hall–Kier alpha value is -3.39. The van der Waals surface area contributed by atoms with E-state index in [0.29, 0.717) is 38.5 Å². The van der Waals surface area contributed by atoms with Crippen LogP contribution in [0.15, 0.2) is 66.7 Å². The highest BCUT2D eigenvalue weighted by Crippen LogP contribution is 2.37. The number of methoxy groups -OCH3 is 1. The molecule has 1 N–H and O–H groups in total. The lowest BCUT2D eigenvalue weighted by atomic mass is 10.1. The molecular formula is C31H33Cl2NO5S. The van der Waals surface area contributed by atoms with E-state index in [0.717, 1.165) is 58.8 Å². The van der Waals surface area contributed by atoms with Crippen molar-refractivity contribution < 1.29 is 24.2 Å². The Morgan fingerprint density at radius 2 is 1.75 bits per heavy atom. The molecule has 1 aliphatic carbocycles. The number of carbonyl (C=O) groups excluding carboxylic acids is 1. The lowest BCUT2D eigenvalue weighted by Crippen LogP contribution is -1.99. The number of hydrogen-bond acceptors (Lipinski definition) is 6. The van der Waals surface area contributed by atoms with Gasteiger partial charge in [-0.05, 0) is 86.6 Å². The van der Waals surface area contributed by atoms with Crippen molar-refractivity contribution in [1.29, 1.82) is 0 Å². The van der Waals surface area contributed by atoms with Crippen LogP contribution in [0.1, 0.15) is 62.9 Å². The van der Waals surface area contributed by atoms with Crippen LogP contribution < -0.4 is 9.47 Å². The number of nitrogens with zero attached hydrogens (tertiary/aromatic N) is 1. The van der Waals surface area contributed by atoms with Gasteiger partial charge in [-0.15, -0.1) is 24.5 Å². The molecule has 9 heteroatoms. The van der Waals surface area contributed by atoms with Gasteiger partial charge in [-0.2, -0.15) is 0 Å². The van der Waals surface area contributed by atoms with E-state index in [4.69, 9.17) is 37.8 Å². The Bertz CT molecular complexity index is 1430. The van der Waals surface area contributed by atoms with Gasteiger partial charge in [-0.1, -0.05) is 41.9 Å². The summed E-state index contributed by atoms with van der Waals surface area (Å²) in [5, 5.41) is 10.7. The van der Waals surface area contributed by atoms with Gasteiger partial charge in [0, 0.05) is 5.71 Å². The average molecular weight is 603 g/mol. The van der Waals surface area contributed by atoms with E-state index >= 15 is 0 Å². The first-order chi connectivity index (χ1) is 19.0. The molecule has 0 saturated heterocycles. The van der Waals surface area contributed by atoms with E-state index in [1.165, 1.54) is 6.92 Å². The number of hydrogen-bond donors (Lipinski definition) is 1. The Balaban J connectivity index is 0.000000264. The summed E-state index contributed by atoms with van der Waals surface area (Å²) >= 11 is 12.9. The molecule has 4 rings (SSSR count). The van der Waals surface area contributed by atoms with E-state index in [1.807, 2.05) is 31.2 Å². The molecular weight excluding hydrogens is 569 g/mol. The number of aryl methyl sites for hydroxylation is 1. The topological polar surface area (TPSA) is 85.2 Å². The first-order valence-electron chi connectivity index (χ1n) is 12.4. The second-order valence-electron chi connectivity index (χ2n) is 8.80. The van der Waals surface area contributed by atoms with Gasteiger partial charge in [0.2, 0.25) is 0 Å². The van der Waals surface area contributed by atoms with Gasteiger partial charge in [0.05, 0.1) is 22.7 Å². The van der Waals surface area contributed by atoms with Crippen molar-refractivity contribution >= 4 is 57.0 Å². The summed E-state index contributed by atoms with van der Waals surface area (Å²) in [6.07, 6.45) is 2.78. The molecule has 1 saturated carbocycles. The molecule has 40 heavy (non-hydrogen) atoms. The zero-order valence-corrected chi connectivity index (χ0v) is 25.4. The van der Waals surface area contributed by atoms with E-state index in [-0.39, 0.29) is 10.7 Å². The Morgan fingerprint density at radius 1 is 1.05 bits per heavy atom. The quantitative estimate of drug-likeness (QED) is 0.215. The van der Waals surface area contributed by atoms with Crippen molar-refractivity contribution in [2.24, 2.45) is 4.99 Å². The highest BCUT2D eigenvalue weighted by molar-refractivity contribution is 7.18. The van der Waals surface area contributed by atoms with Crippen molar-refractivity contribution in [2.45, 2.75) is 46.6 Å². The number of Topliss-reactive ketones (excluding diaryl/α,β-unsaturated/α-hetero) is 1. The number of allylic oxidation sites excluding steroid dienone is 1. The summed E-state index contributed by atoms with van der Waals surface area (Å²) in [6, 6.07) is 11.2. The normalized spacial score (nSPS) is 13.2. The fourth-order valence-corrected chi connectivity index (χ4v) is 5.34. The zero-order chi connectivity index (χ0) is 30.0. The van der Waals surface area contributed by atoms with Crippen LogP contribution in [0, 0.1) is 13.8 Å². The van der Waals surface area contributed by atoms with Crippen LogP contribution >= 0.6 is 34.5 Å². The lowest BCUT2D eigenvalue weighted by Gasteiger charge is -2.11. The molecule has 2 aromatic carbocycles. The molecule has 1 heterocycles. The predicted molar refractivity (Wildman–Crippen MR) is 166 cm³/mol. The summed E-state index contributed by atoms with van der Waals surface area (Å²) in [5.41, 5.74) is 4.89. The fourth-order valence-electron chi connectivity index (χ4n) is 3.93. The van der Waals surface area contributed by atoms with Crippen molar-refractivity contribution in [3.8, 4) is 11.5 Å². The van der Waals surface area contributed by atoms with E-state index in [1.54, 1.807) is 26.2 Å². The summed E-state index contributed by atoms with van der Waals surface area (Å²) < 4.78 is 11.0. The highest BCUT2D eigenvalue weighted by atomic mass is 35.5. The largest absolute Gasteiger partial charge is 0.493 e. The maximum absolute atomic E-state index is 11.7. The van der Waals surface area contributed by atoms with Gasteiger partial charge in [-0.3, -0.25) is 4.79 Å². The average Bonchev–Trinajstić information content (AvgIpc) is 3.48. The number of carboxylic acid groups (broad SMARTS) is 1. The number of benzene rings is 2. The number of ether oxygens (including phenoxy) is 2. The van der Waals surface area contributed by atoms with Gasteiger partial charge in [0.15, 0.2) is 17.3 Å². The number of rotatable bonds is 7. The molecule has 0 atom stereocenters. The number of carboxylic acids is 1. The van der Waals surface area contributed by atoms with Crippen LogP contribution in [-0.4, -0.2) is 29.7 Å². The first-order valence-corrected chi connectivity index (χ1v) is 13.9. The lowest BCUT2D eigenvalue weighted by molar-refractivity contribution is 0.0701. The minimum atomic E-state index is -1.01. The van der Waals surface area contributed by atoms with E-state index in [9.17, 15) is 9.59 Å². The summed E-state index contributed by atoms with van der Waals surface area (Å²) in [6.45, 7) is 15.5. The SMILES string of the molecule is C=C.C=C1CCC/C1=N\c1sc(C(=O)O)c(C)c1C(C)=O.COc1cc(C)ccc1OCc1ccc(Cl)c(Cl)c1. The summed E-state index contributed by atoms with van der Waals surface area (Å²) in [7, 11) is 1.63. The van der Waals surface area contributed by atoms with Gasteiger partial charge >= 0.3 is 5.97 Å². The van der Waals surface area contributed by atoms with Crippen LogP contribution in [0.25, 0.3) is 0 Å². The third-order valence-corrected chi connectivity index (χ3v) is 7.82. The highest BCUT2D eigenvalue weighted by Gasteiger charge is 2.23. The third kappa shape index (κ3) is 8.55. The molecule has 212 valence electrons. The second kappa shape index (κ2) is 15.4. The maximum Gasteiger partial charge on any atom is 0.346 e. The predicted octanol–water partition coefficient (Wildman–Crippen LogP) is 9.46.